The van der Waals surface area contributed by atoms with Gasteiger partial charge < -0.3 is 14.9 Å². The molecular formula is C17H22N2O6. The molecule has 0 spiro atoms. The highest BCUT2D eigenvalue weighted by molar-refractivity contribution is 5.81. The molecule has 0 saturated heterocycles. The van der Waals surface area contributed by atoms with E-state index in [2.05, 4.69) is 10.2 Å². The van der Waals surface area contributed by atoms with Gasteiger partial charge in [-0.3, -0.25) is 9.59 Å². The molecule has 0 heterocycles. The van der Waals surface area contributed by atoms with E-state index in [1.54, 1.807) is 24.3 Å². The number of carbonyl (C=O) groups excluding carboxylic acids is 2. The molecule has 0 bridgehead atoms. The second kappa shape index (κ2) is 11.6. The van der Waals surface area contributed by atoms with Gasteiger partial charge in [-0.1, -0.05) is 36.4 Å². The zero-order chi connectivity index (χ0) is 18.5. The molecule has 1 aromatic rings. The van der Waals surface area contributed by atoms with Crippen molar-refractivity contribution in [3.8, 4) is 0 Å². The second-order valence-corrected chi connectivity index (χ2v) is 5.21. The maximum atomic E-state index is 11.6. The fourth-order valence-electron chi connectivity index (χ4n) is 1.88. The summed E-state index contributed by atoms with van der Waals surface area (Å²) >= 11 is 0. The lowest BCUT2D eigenvalue weighted by atomic mass is 10.1. The van der Waals surface area contributed by atoms with Crippen molar-refractivity contribution in [3.05, 3.63) is 57.7 Å². The van der Waals surface area contributed by atoms with Crippen LogP contribution in [0.1, 0.15) is 37.3 Å². The Morgan fingerprint density at radius 3 is 2.44 bits per heavy atom. The van der Waals surface area contributed by atoms with E-state index in [9.17, 15) is 19.7 Å². The molecule has 1 amide bonds. The summed E-state index contributed by atoms with van der Waals surface area (Å²) in [5.41, 5.74) is 1.37. The largest absolute Gasteiger partial charge is 0.460 e. The van der Waals surface area contributed by atoms with Crippen molar-refractivity contribution in [1.29, 1.82) is 0 Å². The van der Waals surface area contributed by atoms with Crippen molar-refractivity contribution in [3.63, 3.8) is 0 Å². The summed E-state index contributed by atoms with van der Waals surface area (Å²) < 4.78 is 5.06. The molecule has 1 rings (SSSR count). The smallest absolute Gasteiger partial charge is 0.325 e. The van der Waals surface area contributed by atoms with Gasteiger partial charge in [-0.2, -0.15) is 0 Å². The highest BCUT2D eigenvalue weighted by Crippen LogP contribution is 2.07. The number of ether oxygens (including phenoxy) is 1. The number of allylic oxidation sites excluding steroid dienone is 2. The van der Waals surface area contributed by atoms with E-state index in [1.807, 2.05) is 19.1 Å². The van der Waals surface area contributed by atoms with E-state index >= 15 is 0 Å². The summed E-state index contributed by atoms with van der Waals surface area (Å²) in [7, 11) is 0. The molecule has 0 fully saturated rings. The summed E-state index contributed by atoms with van der Waals surface area (Å²) in [6.07, 6.45) is 5.84. The third-order valence-corrected chi connectivity index (χ3v) is 3.20. The first kappa shape index (κ1) is 20.1. The lowest BCUT2D eigenvalue weighted by Gasteiger charge is -2.07. The standard InChI is InChI=1S/C17H22N2O6/c1-2-3-4-5-6-16(20)18-11-17(21)24-12-14-7-9-15(10-8-14)13-25-19(22)23/h2-3,7-10H,4-6,11-13H2,1H3,(H,18,20)/b3-2-. The number of esters is 1. The fourth-order valence-corrected chi connectivity index (χ4v) is 1.88. The molecule has 0 saturated carbocycles. The lowest BCUT2D eigenvalue weighted by Crippen LogP contribution is -2.30. The van der Waals surface area contributed by atoms with Crippen LogP contribution in [0.3, 0.4) is 0 Å². The molecule has 25 heavy (non-hydrogen) atoms. The molecule has 0 radical (unpaired) electrons. The molecular weight excluding hydrogens is 328 g/mol. The molecule has 1 N–H and O–H groups in total. The number of rotatable bonds is 11. The van der Waals surface area contributed by atoms with Crippen molar-refractivity contribution in [2.75, 3.05) is 6.54 Å². The average Bonchev–Trinajstić information content (AvgIpc) is 2.61. The molecule has 0 aromatic heterocycles. The van der Waals surface area contributed by atoms with Crippen molar-refractivity contribution >= 4 is 11.9 Å². The molecule has 8 heteroatoms. The number of benzene rings is 1. The van der Waals surface area contributed by atoms with Crippen LogP contribution in [-0.4, -0.2) is 23.5 Å². The Balaban J connectivity index is 2.22. The zero-order valence-electron chi connectivity index (χ0n) is 14.1. The van der Waals surface area contributed by atoms with Crippen molar-refractivity contribution in [1.82, 2.24) is 5.32 Å². The number of carbonyl (C=O) groups is 2. The van der Waals surface area contributed by atoms with E-state index in [4.69, 9.17) is 4.74 Å². The number of nitrogens with zero attached hydrogens (tertiary/aromatic N) is 1. The van der Waals surface area contributed by atoms with Crippen LogP contribution < -0.4 is 5.32 Å². The van der Waals surface area contributed by atoms with Gasteiger partial charge >= 0.3 is 5.97 Å². The highest BCUT2D eigenvalue weighted by Gasteiger charge is 2.07. The summed E-state index contributed by atoms with van der Waals surface area (Å²) in [4.78, 5) is 37.5. The van der Waals surface area contributed by atoms with E-state index in [0.29, 0.717) is 12.0 Å². The zero-order valence-corrected chi connectivity index (χ0v) is 14.1. The quantitative estimate of drug-likeness (QED) is 0.216. The van der Waals surface area contributed by atoms with E-state index in [0.717, 1.165) is 18.4 Å². The number of amides is 1. The van der Waals surface area contributed by atoms with E-state index in [-0.39, 0.29) is 25.7 Å². The summed E-state index contributed by atoms with van der Waals surface area (Å²) in [5.74, 6) is -0.709. The number of hydrogen-bond donors (Lipinski definition) is 1. The Bertz CT molecular complexity index is 598. The van der Waals surface area contributed by atoms with Crippen LogP contribution in [0.25, 0.3) is 0 Å². The Morgan fingerprint density at radius 2 is 1.84 bits per heavy atom. The Labute approximate surface area is 145 Å². The molecule has 1 aromatic carbocycles. The predicted octanol–water partition coefficient (Wildman–Crippen LogP) is 2.30. The van der Waals surface area contributed by atoms with Crippen LogP contribution in [0.4, 0.5) is 0 Å². The maximum Gasteiger partial charge on any atom is 0.325 e. The van der Waals surface area contributed by atoms with Gasteiger partial charge in [-0.15, -0.1) is 10.1 Å². The van der Waals surface area contributed by atoms with Crippen LogP contribution in [0.15, 0.2) is 36.4 Å². The number of unbranched alkanes of at least 4 members (excludes halogenated alkanes) is 1. The van der Waals surface area contributed by atoms with Gasteiger partial charge in [-0.05, 0) is 30.9 Å². The van der Waals surface area contributed by atoms with Gasteiger partial charge in [0.15, 0.2) is 0 Å². The molecule has 0 aliphatic carbocycles. The summed E-state index contributed by atoms with van der Waals surface area (Å²) in [6, 6.07) is 6.68. The monoisotopic (exact) mass is 350 g/mol. The molecule has 8 nitrogen and oxygen atoms in total. The summed E-state index contributed by atoms with van der Waals surface area (Å²) in [6.45, 7) is 1.68. The first-order valence-electron chi connectivity index (χ1n) is 7.90. The van der Waals surface area contributed by atoms with Gasteiger partial charge in [0.25, 0.3) is 5.09 Å². The SMILES string of the molecule is C/C=C\CCCC(=O)NCC(=O)OCc1ccc(CO[N+](=O)[O-])cc1. The van der Waals surface area contributed by atoms with Gasteiger partial charge in [-0.25, -0.2) is 0 Å². The fraction of sp³-hybridized carbons (Fsp3) is 0.412. The minimum atomic E-state index is -0.857. The first-order chi connectivity index (χ1) is 12.0. The van der Waals surface area contributed by atoms with Gasteiger partial charge in [0.1, 0.15) is 19.8 Å². The molecule has 0 aliphatic heterocycles. The maximum absolute atomic E-state index is 11.6. The van der Waals surface area contributed by atoms with Crippen LogP contribution in [0, 0.1) is 10.1 Å². The second-order valence-electron chi connectivity index (χ2n) is 5.21. The average molecular weight is 350 g/mol. The minimum Gasteiger partial charge on any atom is -0.460 e. The van der Waals surface area contributed by atoms with Crippen LogP contribution >= 0.6 is 0 Å². The van der Waals surface area contributed by atoms with E-state index in [1.165, 1.54) is 0 Å². The number of hydrogen-bond acceptors (Lipinski definition) is 6. The van der Waals surface area contributed by atoms with Crippen LogP contribution in [0.5, 0.6) is 0 Å². The molecule has 0 aliphatic rings. The summed E-state index contributed by atoms with van der Waals surface area (Å²) in [5, 5.41) is 11.8. The third kappa shape index (κ3) is 9.75. The van der Waals surface area contributed by atoms with Crippen LogP contribution in [0.2, 0.25) is 0 Å². The van der Waals surface area contributed by atoms with Crippen molar-refractivity contribution in [2.24, 2.45) is 0 Å². The van der Waals surface area contributed by atoms with Gasteiger partial charge in [0.05, 0.1) is 0 Å². The number of nitrogens with one attached hydrogen (secondary N) is 1. The first-order valence-corrected chi connectivity index (χ1v) is 7.90. The van der Waals surface area contributed by atoms with Gasteiger partial charge in [0, 0.05) is 6.42 Å². The minimum absolute atomic E-state index is 0.0619. The van der Waals surface area contributed by atoms with Crippen LogP contribution in [-0.2, 0) is 32.4 Å². The lowest BCUT2D eigenvalue weighted by molar-refractivity contribution is -0.763. The Hall–Kier alpha value is -2.90. The molecule has 0 atom stereocenters. The molecule has 0 unspecified atom stereocenters. The highest BCUT2D eigenvalue weighted by atomic mass is 16.9. The van der Waals surface area contributed by atoms with E-state index < -0.39 is 11.1 Å². The molecule has 136 valence electrons. The van der Waals surface area contributed by atoms with Crippen molar-refractivity contribution in [2.45, 2.75) is 39.4 Å². The Kier molecular flexibility index (Phi) is 9.35. The van der Waals surface area contributed by atoms with Gasteiger partial charge in [0.2, 0.25) is 5.91 Å². The topological polar surface area (TPSA) is 108 Å². The van der Waals surface area contributed by atoms with Crippen molar-refractivity contribution < 1.29 is 24.3 Å². The Morgan fingerprint density at radius 1 is 1.20 bits per heavy atom. The predicted molar refractivity (Wildman–Crippen MR) is 89.7 cm³/mol. The third-order valence-electron chi connectivity index (χ3n) is 3.20. The normalized spacial score (nSPS) is 10.4.